The molecule has 1 rings (SSSR count). The molecule has 0 fully saturated rings. The fourth-order valence-electron chi connectivity index (χ4n) is 1.10. The molecule has 1 N–H and O–H groups in total. The van der Waals surface area contributed by atoms with Gasteiger partial charge in [-0.05, 0) is 24.1 Å². The van der Waals surface area contributed by atoms with Crippen LogP contribution in [0.2, 0.25) is 0 Å². The predicted octanol–water partition coefficient (Wildman–Crippen LogP) is 2.87. The van der Waals surface area contributed by atoms with Gasteiger partial charge in [0, 0.05) is 0 Å². The highest BCUT2D eigenvalue weighted by Crippen LogP contribution is 2.33. The van der Waals surface area contributed by atoms with Crippen LogP contribution in [-0.4, -0.2) is 11.3 Å². The summed E-state index contributed by atoms with van der Waals surface area (Å²) in [7, 11) is 0. The number of hydrogen-bond donors (Lipinski definition) is 1. The number of aliphatic hydroxyl groups is 1. The second-order valence-corrected chi connectivity index (χ2v) is 3.08. The summed E-state index contributed by atoms with van der Waals surface area (Å²) in [4.78, 5) is 0. The number of alkyl halides is 3. The minimum atomic E-state index is -4.89. The average molecular weight is 226 g/mol. The maximum Gasteiger partial charge on any atom is 0.418 e. The van der Waals surface area contributed by atoms with E-state index in [0.29, 0.717) is 6.07 Å². The second kappa shape index (κ2) is 3.77. The van der Waals surface area contributed by atoms with Crippen LogP contribution in [0.1, 0.15) is 17.2 Å². The lowest BCUT2D eigenvalue weighted by atomic mass is 10.1. The van der Waals surface area contributed by atoms with Crippen molar-refractivity contribution < 1.29 is 27.1 Å². The molecule has 84 valence electrons. The van der Waals surface area contributed by atoms with E-state index >= 15 is 0 Å². The first-order chi connectivity index (χ1) is 6.73. The number of halogens is 5. The number of aryl methyl sites for hydroxylation is 1. The molecule has 0 heterocycles. The molecule has 1 aromatic carbocycles. The van der Waals surface area contributed by atoms with Gasteiger partial charge in [0.05, 0.1) is 0 Å². The Hall–Kier alpha value is -1.17. The summed E-state index contributed by atoms with van der Waals surface area (Å²) in [5.74, 6) is -2.62. The van der Waals surface area contributed by atoms with Gasteiger partial charge in [-0.3, -0.25) is 0 Å². The van der Waals surface area contributed by atoms with Crippen LogP contribution in [0.15, 0.2) is 12.1 Å². The summed E-state index contributed by atoms with van der Waals surface area (Å²) < 4.78 is 61.6. The molecular weight excluding hydrogens is 219 g/mol. The van der Waals surface area contributed by atoms with Crippen molar-refractivity contribution in [3.8, 4) is 0 Å². The van der Waals surface area contributed by atoms with Crippen LogP contribution in [0.3, 0.4) is 0 Å². The minimum Gasteiger partial charge on any atom is -0.379 e. The molecule has 1 unspecified atom stereocenters. The first-order valence-electron chi connectivity index (χ1n) is 3.94. The molecule has 0 aliphatic rings. The van der Waals surface area contributed by atoms with Crippen LogP contribution in [0.25, 0.3) is 0 Å². The highest BCUT2D eigenvalue weighted by atomic mass is 19.4. The van der Waals surface area contributed by atoms with Crippen LogP contribution in [0.4, 0.5) is 22.0 Å². The quantitative estimate of drug-likeness (QED) is 0.730. The van der Waals surface area contributed by atoms with Crippen LogP contribution in [0.5, 0.6) is 0 Å². The van der Waals surface area contributed by atoms with Gasteiger partial charge in [0.2, 0.25) is 0 Å². The van der Waals surface area contributed by atoms with Crippen LogP contribution < -0.4 is 0 Å². The topological polar surface area (TPSA) is 20.2 Å². The highest BCUT2D eigenvalue weighted by molar-refractivity contribution is 5.27. The Morgan fingerprint density at radius 1 is 1.20 bits per heavy atom. The summed E-state index contributed by atoms with van der Waals surface area (Å²) >= 11 is 0. The molecule has 1 atom stereocenters. The third-order valence-electron chi connectivity index (χ3n) is 1.86. The third kappa shape index (κ3) is 2.44. The lowest BCUT2D eigenvalue weighted by Gasteiger charge is -2.15. The molecule has 6 heteroatoms. The molecule has 0 amide bonds. The molecule has 0 aliphatic carbocycles. The third-order valence-corrected chi connectivity index (χ3v) is 1.86. The van der Waals surface area contributed by atoms with Gasteiger partial charge in [-0.25, -0.2) is 8.78 Å². The van der Waals surface area contributed by atoms with Crippen molar-refractivity contribution >= 4 is 0 Å². The van der Waals surface area contributed by atoms with Crippen LogP contribution in [0, 0.1) is 18.6 Å². The summed E-state index contributed by atoms with van der Waals surface area (Å²) in [6.07, 6.45) is -7.69. The molecule has 0 saturated carbocycles. The lowest BCUT2D eigenvalue weighted by Crippen LogP contribution is -2.20. The van der Waals surface area contributed by atoms with Gasteiger partial charge in [0.1, 0.15) is 0 Å². The van der Waals surface area contributed by atoms with E-state index in [0.717, 1.165) is 13.0 Å². The number of rotatable bonds is 1. The Morgan fingerprint density at radius 3 is 2.13 bits per heavy atom. The molecular formula is C9H7F5O. The molecule has 0 spiro atoms. The van der Waals surface area contributed by atoms with Crippen LogP contribution >= 0.6 is 0 Å². The van der Waals surface area contributed by atoms with Crippen molar-refractivity contribution in [2.45, 2.75) is 19.2 Å². The summed E-state index contributed by atoms with van der Waals surface area (Å²) in [5, 5.41) is 8.78. The lowest BCUT2D eigenvalue weighted by molar-refractivity contribution is -0.206. The average Bonchev–Trinajstić information content (AvgIpc) is 2.10. The largest absolute Gasteiger partial charge is 0.418 e. The first-order valence-corrected chi connectivity index (χ1v) is 3.94. The van der Waals surface area contributed by atoms with Gasteiger partial charge in [0.15, 0.2) is 17.7 Å². The van der Waals surface area contributed by atoms with Crippen LogP contribution in [-0.2, 0) is 0 Å². The van der Waals surface area contributed by atoms with Crippen molar-refractivity contribution in [1.82, 2.24) is 0 Å². The van der Waals surface area contributed by atoms with Crippen molar-refractivity contribution in [2.24, 2.45) is 0 Å². The van der Waals surface area contributed by atoms with E-state index in [9.17, 15) is 22.0 Å². The molecule has 0 radical (unpaired) electrons. The zero-order chi connectivity index (χ0) is 11.8. The van der Waals surface area contributed by atoms with Gasteiger partial charge in [-0.2, -0.15) is 13.2 Å². The van der Waals surface area contributed by atoms with E-state index in [4.69, 9.17) is 5.11 Å². The monoisotopic (exact) mass is 226 g/mol. The number of aliphatic hydroxyl groups excluding tert-OH is 1. The Balaban J connectivity index is 3.17. The van der Waals surface area contributed by atoms with Crippen molar-refractivity contribution in [3.05, 3.63) is 34.9 Å². The molecule has 0 saturated heterocycles. The van der Waals surface area contributed by atoms with E-state index in [-0.39, 0.29) is 5.56 Å². The second-order valence-electron chi connectivity index (χ2n) is 3.08. The molecule has 0 bridgehead atoms. The summed E-state index contributed by atoms with van der Waals surface area (Å²) in [5.41, 5.74) is -0.993. The normalized spacial score (nSPS) is 14.1. The van der Waals surface area contributed by atoms with E-state index in [2.05, 4.69) is 0 Å². The van der Waals surface area contributed by atoms with Crippen molar-refractivity contribution in [1.29, 1.82) is 0 Å². The Bertz CT molecular complexity index is 348. The van der Waals surface area contributed by atoms with Gasteiger partial charge >= 0.3 is 6.18 Å². The van der Waals surface area contributed by atoms with E-state index in [1.807, 2.05) is 0 Å². The summed E-state index contributed by atoms with van der Waals surface area (Å²) in [6.45, 7) is 1.12. The molecule has 1 nitrogen and oxygen atoms in total. The van der Waals surface area contributed by atoms with Gasteiger partial charge in [-0.1, -0.05) is 6.07 Å². The van der Waals surface area contributed by atoms with Crippen molar-refractivity contribution in [2.75, 3.05) is 0 Å². The van der Waals surface area contributed by atoms with E-state index < -0.39 is 29.5 Å². The predicted molar refractivity (Wildman–Crippen MR) is 42.1 cm³/mol. The zero-order valence-electron chi connectivity index (χ0n) is 7.57. The first kappa shape index (κ1) is 11.9. The smallest absolute Gasteiger partial charge is 0.379 e. The standard InChI is InChI=1S/C9H7F5O/c1-4-2-5(3-6(10)7(4)11)8(15)9(12,13)14/h2-3,8,15H,1H3. The Morgan fingerprint density at radius 2 is 1.73 bits per heavy atom. The molecule has 15 heavy (non-hydrogen) atoms. The SMILES string of the molecule is Cc1cc(C(O)C(F)(F)F)cc(F)c1F. The molecule has 0 aromatic heterocycles. The minimum absolute atomic E-state index is 0.284. The van der Waals surface area contributed by atoms with Gasteiger partial charge in [0.25, 0.3) is 0 Å². The fourth-order valence-corrected chi connectivity index (χ4v) is 1.10. The fraction of sp³-hybridized carbons (Fsp3) is 0.333. The highest BCUT2D eigenvalue weighted by Gasteiger charge is 2.39. The maximum absolute atomic E-state index is 12.7. The molecule has 1 aromatic rings. The van der Waals surface area contributed by atoms with Crippen molar-refractivity contribution in [3.63, 3.8) is 0 Å². The van der Waals surface area contributed by atoms with Gasteiger partial charge in [-0.15, -0.1) is 0 Å². The summed E-state index contributed by atoms with van der Waals surface area (Å²) in [6, 6.07) is 1.09. The van der Waals surface area contributed by atoms with E-state index in [1.54, 1.807) is 0 Å². The zero-order valence-corrected chi connectivity index (χ0v) is 7.57. The number of benzene rings is 1. The number of hydrogen-bond acceptors (Lipinski definition) is 1. The Kier molecular flexibility index (Phi) is 2.99. The molecule has 0 aliphatic heterocycles. The van der Waals surface area contributed by atoms with Gasteiger partial charge < -0.3 is 5.11 Å². The Labute approximate surface area is 82.1 Å². The maximum atomic E-state index is 12.7. The van der Waals surface area contributed by atoms with E-state index in [1.165, 1.54) is 0 Å².